The van der Waals surface area contributed by atoms with Gasteiger partial charge >= 0.3 is 0 Å². The molecule has 0 bridgehead atoms. The van der Waals surface area contributed by atoms with Gasteiger partial charge in [0.25, 0.3) is 0 Å². The van der Waals surface area contributed by atoms with Crippen LogP contribution >= 0.6 is 11.6 Å². The van der Waals surface area contributed by atoms with Crippen LogP contribution in [0.25, 0.3) is 0 Å². The van der Waals surface area contributed by atoms with Gasteiger partial charge in [0.2, 0.25) is 5.91 Å². The minimum absolute atomic E-state index is 0.00000757. The molecule has 0 aliphatic rings. The molecule has 128 valence electrons. The van der Waals surface area contributed by atoms with Crippen LogP contribution in [0.3, 0.4) is 0 Å². The second-order valence-electron chi connectivity index (χ2n) is 6.04. The third kappa shape index (κ3) is 6.25. The number of carbonyl (C=O) groups is 1. The molecule has 2 rings (SSSR count). The van der Waals surface area contributed by atoms with Gasteiger partial charge < -0.3 is 10.1 Å². The number of halogens is 1. The minimum atomic E-state index is -0.00000757. The smallest absolute Gasteiger partial charge is 0.224 e. The number of rotatable bonds is 8. The van der Waals surface area contributed by atoms with Crippen LogP contribution in [0.2, 0.25) is 5.02 Å². The molecule has 0 heterocycles. The lowest BCUT2D eigenvalue weighted by molar-refractivity contribution is -0.120. The van der Waals surface area contributed by atoms with E-state index in [0.717, 1.165) is 24.2 Å². The number of hydrogen-bond acceptors (Lipinski definition) is 2. The molecule has 24 heavy (non-hydrogen) atoms. The molecular formula is C20H24ClNO2. The highest BCUT2D eigenvalue weighted by atomic mass is 35.5. The van der Waals surface area contributed by atoms with E-state index in [1.165, 1.54) is 5.56 Å². The summed E-state index contributed by atoms with van der Waals surface area (Å²) in [6.07, 6.45) is 2.28. The molecule has 0 saturated heterocycles. The van der Waals surface area contributed by atoms with Gasteiger partial charge in [-0.25, -0.2) is 0 Å². The number of amides is 1. The van der Waals surface area contributed by atoms with Crippen molar-refractivity contribution in [2.75, 3.05) is 6.54 Å². The van der Waals surface area contributed by atoms with Crippen molar-refractivity contribution < 1.29 is 9.53 Å². The molecule has 0 aliphatic heterocycles. The van der Waals surface area contributed by atoms with Crippen molar-refractivity contribution in [2.24, 2.45) is 0 Å². The largest absolute Gasteiger partial charge is 0.491 e. The maximum absolute atomic E-state index is 12.0. The van der Waals surface area contributed by atoms with Crippen LogP contribution in [0.4, 0.5) is 0 Å². The molecule has 0 saturated carbocycles. The van der Waals surface area contributed by atoms with E-state index < -0.39 is 0 Å². The second kappa shape index (κ2) is 9.33. The van der Waals surface area contributed by atoms with Gasteiger partial charge in [-0.1, -0.05) is 41.9 Å². The van der Waals surface area contributed by atoms with E-state index in [-0.39, 0.29) is 12.0 Å². The standard InChI is InChI=1S/C20H24ClNO2/c1-15(2)24-18-10-5-7-16(13-18)8-6-12-22-20(23)14-17-9-3-4-11-19(17)21/h3-5,7,9-11,13,15H,6,8,12,14H2,1-2H3,(H,22,23). The van der Waals surface area contributed by atoms with Gasteiger partial charge in [-0.3, -0.25) is 4.79 Å². The van der Waals surface area contributed by atoms with Crippen LogP contribution in [0.5, 0.6) is 5.75 Å². The summed E-state index contributed by atoms with van der Waals surface area (Å²) >= 11 is 6.07. The van der Waals surface area contributed by atoms with E-state index >= 15 is 0 Å². The van der Waals surface area contributed by atoms with E-state index in [1.807, 2.05) is 44.2 Å². The van der Waals surface area contributed by atoms with Crippen molar-refractivity contribution >= 4 is 17.5 Å². The Kier molecular flexibility index (Phi) is 7.13. The average molecular weight is 346 g/mol. The van der Waals surface area contributed by atoms with Crippen molar-refractivity contribution in [1.29, 1.82) is 0 Å². The zero-order chi connectivity index (χ0) is 17.4. The Bertz CT molecular complexity index is 670. The van der Waals surface area contributed by atoms with Gasteiger partial charge in [0.05, 0.1) is 12.5 Å². The molecule has 0 fully saturated rings. The Hall–Kier alpha value is -2.00. The maximum atomic E-state index is 12.0. The first kappa shape index (κ1) is 18.3. The first-order valence-electron chi connectivity index (χ1n) is 8.30. The van der Waals surface area contributed by atoms with Crippen molar-refractivity contribution in [1.82, 2.24) is 5.32 Å². The third-order valence-electron chi connectivity index (χ3n) is 3.54. The predicted molar refractivity (Wildman–Crippen MR) is 98.7 cm³/mol. The Labute approximate surface area is 149 Å². The molecule has 4 heteroatoms. The molecular weight excluding hydrogens is 322 g/mol. The number of nitrogens with one attached hydrogen (secondary N) is 1. The van der Waals surface area contributed by atoms with Crippen molar-refractivity contribution in [3.05, 3.63) is 64.7 Å². The van der Waals surface area contributed by atoms with Crippen molar-refractivity contribution in [3.8, 4) is 5.75 Å². The van der Waals surface area contributed by atoms with Crippen molar-refractivity contribution in [3.63, 3.8) is 0 Å². The predicted octanol–water partition coefficient (Wildman–Crippen LogP) is 4.42. The molecule has 2 aromatic carbocycles. The summed E-state index contributed by atoms with van der Waals surface area (Å²) in [6, 6.07) is 15.5. The van der Waals surface area contributed by atoms with Crippen molar-refractivity contribution in [2.45, 2.75) is 39.2 Å². The van der Waals surface area contributed by atoms with Gasteiger partial charge in [-0.15, -0.1) is 0 Å². The number of aryl methyl sites for hydroxylation is 1. The van der Waals surface area contributed by atoms with Crippen LogP contribution in [0.15, 0.2) is 48.5 Å². The van der Waals surface area contributed by atoms with Crippen LogP contribution < -0.4 is 10.1 Å². The highest BCUT2D eigenvalue weighted by Crippen LogP contribution is 2.16. The van der Waals surface area contributed by atoms with Gasteiger partial charge in [-0.2, -0.15) is 0 Å². The van der Waals surface area contributed by atoms with Crippen LogP contribution in [0, 0.1) is 0 Å². The molecule has 0 spiro atoms. The Balaban J connectivity index is 1.73. The molecule has 0 aromatic heterocycles. The normalized spacial score (nSPS) is 10.7. The zero-order valence-electron chi connectivity index (χ0n) is 14.2. The molecule has 0 aliphatic carbocycles. The molecule has 1 N–H and O–H groups in total. The average Bonchev–Trinajstić information content (AvgIpc) is 2.53. The van der Waals surface area contributed by atoms with Gasteiger partial charge in [-0.05, 0) is 56.0 Å². The fourth-order valence-corrected chi connectivity index (χ4v) is 2.65. The van der Waals surface area contributed by atoms with E-state index in [0.29, 0.717) is 18.0 Å². The lowest BCUT2D eigenvalue weighted by atomic mass is 10.1. The maximum Gasteiger partial charge on any atom is 0.224 e. The van der Waals surface area contributed by atoms with Gasteiger partial charge in [0.1, 0.15) is 5.75 Å². The van der Waals surface area contributed by atoms with Crippen LogP contribution in [0.1, 0.15) is 31.4 Å². The third-order valence-corrected chi connectivity index (χ3v) is 3.91. The highest BCUT2D eigenvalue weighted by Gasteiger charge is 2.06. The lowest BCUT2D eigenvalue weighted by Gasteiger charge is -2.11. The molecule has 0 unspecified atom stereocenters. The van der Waals surface area contributed by atoms with E-state index in [1.54, 1.807) is 6.07 Å². The Morgan fingerprint density at radius 1 is 1.17 bits per heavy atom. The summed E-state index contributed by atoms with van der Waals surface area (Å²) < 4.78 is 5.69. The molecule has 3 nitrogen and oxygen atoms in total. The quantitative estimate of drug-likeness (QED) is 0.719. The summed E-state index contributed by atoms with van der Waals surface area (Å²) in [5.74, 6) is 0.894. The Morgan fingerprint density at radius 2 is 1.96 bits per heavy atom. The van der Waals surface area contributed by atoms with Gasteiger partial charge in [0.15, 0.2) is 0 Å². The molecule has 0 atom stereocenters. The Morgan fingerprint density at radius 3 is 2.71 bits per heavy atom. The molecule has 2 aromatic rings. The first-order valence-corrected chi connectivity index (χ1v) is 8.68. The SMILES string of the molecule is CC(C)Oc1cccc(CCCNC(=O)Cc2ccccc2Cl)c1. The number of hydrogen-bond donors (Lipinski definition) is 1. The van der Waals surface area contributed by atoms with Gasteiger partial charge in [0, 0.05) is 11.6 Å². The van der Waals surface area contributed by atoms with Crippen LogP contribution in [-0.2, 0) is 17.6 Å². The summed E-state index contributed by atoms with van der Waals surface area (Å²) in [7, 11) is 0. The number of ether oxygens (including phenoxy) is 1. The number of carbonyl (C=O) groups excluding carboxylic acids is 1. The highest BCUT2D eigenvalue weighted by molar-refractivity contribution is 6.31. The van der Waals surface area contributed by atoms with E-state index in [9.17, 15) is 4.79 Å². The van der Waals surface area contributed by atoms with Crippen LogP contribution in [-0.4, -0.2) is 18.6 Å². The molecule has 1 amide bonds. The zero-order valence-corrected chi connectivity index (χ0v) is 15.0. The summed E-state index contributed by atoms with van der Waals surface area (Å²) in [4.78, 5) is 12.0. The molecule has 0 radical (unpaired) electrons. The summed E-state index contributed by atoms with van der Waals surface area (Å²) in [5.41, 5.74) is 2.07. The topological polar surface area (TPSA) is 38.3 Å². The number of benzene rings is 2. The monoisotopic (exact) mass is 345 g/mol. The lowest BCUT2D eigenvalue weighted by Crippen LogP contribution is -2.26. The fraction of sp³-hybridized carbons (Fsp3) is 0.350. The first-order chi connectivity index (χ1) is 11.5. The minimum Gasteiger partial charge on any atom is -0.491 e. The van der Waals surface area contributed by atoms with E-state index in [4.69, 9.17) is 16.3 Å². The second-order valence-corrected chi connectivity index (χ2v) is 6.44. The fourth-order valence-electron chi connectivity index (χ4n) is 2.44. The summed E-state index contributed by atoms with van der Waals surface area (Å²) in [6.45, 7) is 4.68. The van der Waals surface area contributed by atoms with E-state index in [2.05, 4.69) is 17.4 Å². The summed E-state index contributed by atoms with van der Waals surface area (Å²) in [5, 5.41) is 3.58.